The monoisotopic (exact) mass is 406 g/mol. The fraction of sp³-hybridized carbons (Fsp3) is 0.565. The van der Waals surface area contributed by atoms with Crippen LogP contribution in [0.25, 0.3) is 10.9 Å². The Morgan fingerprint density at radius 2 is 2.00 bits per heavy atom. The second kappa shape index (κ2) is 8.48. The number of anilines is 1. The highest BCUT2D eigenvalue weighted by atomic mass is 16.5. The number of hydrogen-bond acceptors (Lipinski definition) is 7. The topological polar surface area (TPSA) is 67.7 Å². The van der Waals surface area contributed by atoms with Gasteiger partial charge in [-0.1, -0.05) is 0 Å². The predicted molar refractivity (Wildman–Crippen MR) is 118 cm³/mol. The number of nitrogens with one attached hydrogen (secondary N) is 1. The van der Waals surface area contributed by atoms with E-state index in [1.54, 1.807) is 6.20 Å². The molecule has 7 heteroatoms. The SMILES string of the molecule is C[C@@H]1CN(c2ccc(C#N)c3ncccc23)C[C@@H](CN2CC(N3CCNCC3)C2)O1. The molecule has 1 aromatic carbocycles. The van der Waals surface area contributed by atoms with Crippen LogP contribution in [0.15, 0.2) is 30.5 Å². The minimum atomic E-state index is 0.177. The Bertz CT molecular complexity index is 931. The molecule has 0 unspecified atom stereocenters. The Morgan fingerprint density at radius 3 is 2.80 bits per heavy atom. The van der Waals surface area contributed by atoms with Gasteiger partial charge in [0.25, 0.3) is 0 Å². The highest BCUT2D eigenvalue weighted by Gasteiger charge is 2.35. The first-order valence-electron chi connectivity index (χ1n) is 11.1. The van der Waals surface area contributed by atoms with Crippen LogP contribution in [0.5, 0.6) is 0 Å². The van der Waals surface area contributed by atoms with Gasteiger partial charge in [-0.25, -0.2) is 0 Å². The minimum Gasteiger partial charge on any atom is -0.370 e. The van der Waals surface area contributed by atoms with Crippen LogP contribution >= 0.6 is 0 Å². The summed E-state index contributed by atoms with van der Waals surface area (Å²) in [7, 11) is 0. The maximum atomic E-state index is 9.43. The number of pyridine rings is 1. The largest absolute Gasteiger partial charge is 0.370 e. The van der Waals surface area contributed by atoms with Gasteiger partial charge in [-0.15, -0.1) is 0 Å². The number of hydrogen-bond donors (Lipinski definition) is 1. The van der Waals surface area contributed by atoms with Gasteiger partial charge in [0, 0.05) is 82.2 Å². The number of aromatic nitrogens is 1. The van der Waals surface area contributed by atoms with Gasteiger partial charge in [-0.2, -0.15) is 5.26 Å². The molecular formula is C23H30N6O. The van der Waals surface area contributed by atoms with Crippen LogP contribution in [0.4, 0.5) is 5.69 Å². The Hall–Kier alpha value is -2.24. The summed E-state index contributed by atoms with van der Waals surface area (Å²) in [6.45, 7) is 11.7. The quantitative estimate of drug-likeness (QED) is 0.821. The van der Waals surface area contributed by atoms with Gasteiger partial charge in [0.2, 0.25) is 0 Å². The van der Waals surface area contributed by atoms with Crippen molar-refractivity contribution in [3.8, 4) is 6.07 Å². The minimum absolute atomic E-state index is 0.177. The van der Waals surface area contributed by atoms with Crippen LogP contribution in [-0.4, -0.2) is 91.9 Å². The molecule has 1 aromatic heterocycles. The van der Waals surface area contributed by atoms with E-state index in [4.69, 9.17) is 4.74 Å². The van der Waals surface area contributed by atoms with E-state index in [0.29, 0.717) is 11.6 Å². The number of fused-ring (bicyclic) bond motifs is 1. The summed E-state index contributed by atoms with van der Waals surface area (Å²) in [6.07, 6.45) is 2.13. The standard InChI is InChI=1S/C23H30N6O/c1-17-12-29(22-5-4-18(11-24)23-21(22)3-2-6-26-23)16-20(30-17)15-27-13-19(14-27)28-9-7-25-8-10-28/h2-6,17,19-20,25H,7-10,12-16H2,1H3/t17-,20-/m1/s1. The lowest BCUT2D eigenvalue weighted by Gasteiger charge is -2.49. The first-order valence-corrected chi connectivity index (χ1v) is 11.1. The van der Waals surface area contributed by atoms with Crippen LogP contribution in [0.2, 0.25) is 0 Å². The number of rotatable bonds is 4. The first kappa shape index (κ1) is 19.7. The summed E-state index contributed by atoms with van der Waals surface area (Å²) in [5, 5.41) is 13.9. The molecule has 2 aromatic rings. The average molecular weight is 407 g/mol. The molecule has 0 saturated carbocycles. The van der Waals surface area contributed by atoms with E-state index >= 15 is 0 Å². The number of morpholine rings is 1. The molecular weight excluding hydrogens is 376 g/mol. The highest BCUT2D eigenvalue weighted by molar-refractivity contribution is 5.95. The molecule has 5 rings (SSSR count). The van der Waals surface area contributed by atoms with Crippen molar-refractivity contribution in [2.24, 2.45) is 0 Å². The first-order chi connectivity index (χ1) is 14.7. The molecule has 0 radical (unpaired) electrons. The summed E-state index contributed by atoms with van der Waals surface area (Å²) in [6, 6.07) is 11.0. The molecule has 3 saturated heterocycles. The average Bonchev–Trinajstić information content (AvgIpc) is 2.75. The van der Waals surface area contributed by atoms with E-state index in [1.807, 2.05) is 12.1 Å². The molecule has 2 atom stereocenters. The van der Waals surface area contributed by atoms with Gasteiger partial charge in [0.1, 0.15) is 6.07 Å². The normalized spacial score (nSPS) is 26.5. The van der Waals surface area contributed by atoms with E-state index in [-0.39, 0.29) is 12.2 Å². The maximum absolute atomic E-state index is 9.43. The van der Waals surface area contributed by atoms with Crippen molar-refractivity contribution in [3.05, 3.63) is 36.0 Å². The van der Waals surface area contributed by atoms with Crippen LogP contribution in [-0.2, 0) is 4.74 Å². The van der Waals surface area contributed by atoms with Crippen LogP contribution in [0.3, 0.4) is 0 Å². The van der Waals surface area contributed by atoms with Gasteiger partial charge in [-0.3, -0.25) is 14.8 Å². The Morgan fingerprint density at radius 1 is 1.17 bits per heavy atom. The highest BCUT2D eigenvalue weighted by Crippen LogP contribution is 2.30. The number of benzene rings is 1. The third-order valence-corrected chi connectivity index (χ3v) is 6.60. The van der Waals surface area contributed by atoms with E-state index in [2.05, 4.69) is 50.1 Å². The molecule has 0 amide bonds. The van der Waals surface area contributed by atoms with E-state index in [0.717, 1.165) is 62.4 Å². The lowest BCUT2D eigenvalue weighted by Crippen LogP contribution is -2.64. The van der Waals surface area contributed by atoms with Gasteiger partial charge < -0.3 is 15.0 Å². The lowest BCUT2D eigenvalue weighted by atomic mass is 10.0. The second-order valence-electron chi connectivity index (χ2n) is 8.78. The predicted octanol–water partition coefficient (Wildman–Crippen LogP) is 1.29. The molecule has 3 aliphatic heterocycles. The van der Waals surface area contributed by atoms with E-state index < -0.39 is 0 Å². The van der Waals surface area contributed by atoms with Gasteiger partial charge in [0.15, 0.2) is 0 Å². The molecule has 158 valence electrons. The van der Waals surface area contributed by atoms with Crippen molar-refractivity contribution in [2.45, 2.75) is 25.2 Å². The fourth-order valence-corrected chi connectivity index (χ4v) is 5.12. The van der Waals surface area contributed by atoms with Gasteiger partial charge >= 0.3 is 0 Å². The number of nitrogens with zero attached hydrogens (tertiary/aromatic N) is 5. The number of piperazine rings is 1. The van der Waals surface area contributed by atoms with E-state index in [9.17, 15) is 5.26 Å². The summed E-state index contributed by atoms with van der Waals surface area (Å²) in [5.74, 6) is 0. The smallest absolute Gasteiger partial charge is 0.101 e. The summed E-state index contributed by atoms with van der Waals surface area (Å²) >= 11 is 0. The Labute approximate surface area is 178 Å². The Kier molecular flexibility index (Phi) is 5.57. The number of ether oxygens (including phenoxy) is 1. The Balaban J connectivity index is 1.26. The molecule has 3 fully saturated rings. The molecule has 30 heavy (non-hydrogen) atoms. The van der Waals surface area contributed by atoms with Crippen LogP contribution in [0.1, 0.15) is 12.5 Å². The molecule has 0 aliphatic carbocycles. The summed E-state index contributed by atoms with van der Waals surface area (Å²) in [4.78, 5) is 12.0. The fourth-order valence-electron chi connectivity index (χ4n) is 5.12. The summed E-state index contributed by atoms with van der Waals surface area (Å²) in [5.41, 5.74) is 2.57. The molecule has 3 aliphatic rings. The van der Waals surface area contributed by atoms with E-state index in [1.165, 1.54) is 13.1 Å². The van der Waals surface area contributed by atoms with Gasteiger partial charge in [0.05, 0.1) is 23.3 Å². The van der Waals surface area contributed by atoms with Crippen molar-refractivity contribution >= 4 is 16.6 Å². The van der Waals surface area contributed by atoms with Gasteiger partial charge in [-0.05, 0) is 31.2 Å². The summed E-state index contributed by atoms with van der Waals surface area (Å²) < 4.78 is 6.31. The van der Waals surface area contributed by atoms with Crippen molar-refractivity contribution < 1.29 is 4.74 Å². The number of nitriles is 1. The van der Waals surface area contributed by atoms with Crippen LogP contribution in [0, 0.1) is 11.3 Å². The molecule has 0 spiro atoms. The van der Waals surface area contributed by atoms with Crippen molar-refractivity contribution in [1.82, 2.24) is 20.1 Å². The lowest BCUT2D eigenvalue weighted by molar-refractivity contribution is -0.0581. The number of likely N-dealkylation sites (tertiary alicyclic amines) is 1. The molecule has 1 N–H and O–H groups in total. The maximum Gasteiger partial charge on any atom is 0.101 e. The second-order valence-corrected chi connectivity index (χ2v) is 8.78. The van der Waals surface area contributed by atoms with Crippen molar-refractivity contribution in [2.75, 3.05) is 63.8 Å². The third kappa shape index (κ3) is 3.88. The molecule has 7 nitrogen and oxygen atoms in total. The third-order valence-electron chi connectivity index (χ3n) is 6.60. The van der Waals surface area contributed by atoms with Crippen molar-refractivity contribution in [3.63, 3.8) is 0 Å². The molecule has 0 bridgehead atoms. The zero-order valence-corrected chi connectivity index (χ0v) is 17.6. The van der Waals surface area contributed by atoms with Crippen molar-refractivity contribution in [1.29, 1.82) is 5.26 Å². The zero-order valence-electron chi connectivity index (χ0n) is 17.6. The van der Waals surface area contributed by atoms with Crippen LogP contribution < -0.4 is 10.2 Å². The zero-order chi connectivity index (χ0) is 20.5. The molecule has 4 heterocycles.